The summed E-state index contributed by atoms with van der Waals surface area (Å²) >= 11 is 6.68. The van der Waals surface area contributed by atoms with Crippen LogP contribution in [0.5, 0.6) is 0 Å². The Kier molecular flexibility index (Phi) is 10.7. The van der Waals surface area contributed by atoms with Gasteiger partial charge < -0.3 is 10.6 Å². The molecule has 0 spiro atoms. The number of nitrogens with one attached hydrogen (secondary N) is 2. The van der Waals surface area contributed by atoms with Gasteiger partial charge >= 0.3 is 0 Å². The molecule has 0 aromatic heterocycles. The molecule has 0 bridgehead atoms. The van der Waals surface area contributed by atoms with Gasteiger partial charge in [-0.2, -0.15) is 0 Å². The Morgan fingerprint density at radius 1 is 0.700 bits per heavy atom. The van der Waals surface area contributed by atoms with Crippen molar-refractivity contribution in [2.75, 3.05) is 36.8 Å². The molecule has 0 fully saturated rings. The molecule has 0 aliphatic heterocycles. The van der Waals surface area contributed by atoms with Gasteiger partial charge in [0, 0.05) is 36.8 Å². The van der Waals surface area contributed by atoms with E-state index in [9.17, 15) is 0 Å². The van der Waals surface area contributed by atoms with E-state index in [1.165, 1.54) is 0 Å². The molecule has 0 radical (unpaired) electrons. The van der Waals surface area contributed by atoms with Crippen LogP contribution >= 0.6 is 31.9 Å². The van der Waals surface area contributed by atoms with Gasteiger partial charge in [0.1, 0.15) is 0 Å². The molecule has 62 valence electrons. The van der Waals surface area contributed by atoms with E-state index in [1.807, 2.05) is 0 Å². The molecule has 0 aromatic rings. The highest BCUT2D eigenvalue weighted by Crippen LogP contribution is 1.74. The largest absolute Gasteiger partial charge is 0.315 e. The summed E-state index contributed by atoms with van der Waals surface area (Å²) in [7, 11) is 0. The molecule has 0 saturated heterocycles. The maximum absolute atomic E-state index is 3.34. The Bertz CT molecular complexity index is 53.7. The van der Waals surface area contributed by atoms with Gasteiger partial charge in [-0.1, -0.05) is 31.9 Å². The zero-order chi connectivity index (χ0) is 7.66. The van der Waals surface area contributed by atoms with Gasteiger partial charge in [0.05, 0.1) is 0 Å². The van der Waals surface area contributed by atoms with E-state index in [0.717, 1.165) is 36.8 Å². The highest BCUT2D eigenvalue weighted by molar-refractivity contribution is 9.09. The van der Waals surface area contributed by atoms with Crippen molar-refractivity contribution in [1.29, 1.82) is 0 Å². The lowest BCUT2D eigenvalue weighted by Crippen LogP contribution is -2.29. The molecule has 4 heteroatoms. The van der Waals surface area contributed by atoms with Crippen molar-refractivity contribution in [3.8, 4) is 0 Å². The summed E-state index contributed by atoms with van der Waals surface area (Å²) in [6.45, 7) is 4.21. The average Bonchev–Trinajstić information content (AvgIpc) is 1.97. The first-order valence-corrected chi connectivity index (χ1v) is 5.69. The Labute approximate surface area is 79.4 Å². The minimum atomic E-state index is 1.03. The first-order valence-electron chi connectivity index (χ1n) is 3.45. The molecular formula is C6H14Br2N2. The van der Waals surface area contributed by atoms with Crippen LogP contribution in [0.15, 0.2) is 0 Å². The molecular weight excluding hydrogens is 260 g/mol. The average molecular weight is 274 g/mol. The molecule has 10 heavy (non-hydrogen) atoms. The summed E-state index contributed by atoms with van der Waals surface area (Å²) in [5, 5.41) is 8.60. The van der Waals surface area contributed by atoms with Crippen LogP contribution in [0.1, 0.15) is 0 Å². The van der Waals surface area contributed by atoms with E-state index in [4.69, 9.17) is 0 Å². The fourth-order valence-corrected chi connectivity index (χ4v) is 1.12. The van der Waals surface area contributed by atoms with Crippen LogP contribution in [0.4, 0.5) is 0 Å². The third-order valence-electron chi connectivity index (χ3n) is 1.02. The summed E-state index contributed by atoms with van der Waals surface area (Å²) in [4.78, 5) is 0. The van der Waals surface area contributed by atoms with Crippen molar-refractivity contribution < 1.29 is 0 Å². The van der Waals surface area contributed by atoms with Gasteiger partial charge in [0.25, 0.3) is 0 Å². The van der Waals surface area contributed by atoms with Crippen LogP contribution in [0.2, 0.25) is 0 Å². The van der Waals surface area contributed by atoms with Crippen molar-refractivity contribution in [1.82, 2.24) is 10.6 Å². The summed E-state index contributed by atoms with van der Waals surface area (Å²) in [6, 6.07) is 0. The van der Waals surface area contributed by atoms with Crippen molar-refractivity contribution in [2.45, 2.75) is 0 Å². The van der Waals surface area contributed by atoms with Crippen molar-refractivity contribution in [3.63, 3.8) is 0 Å². The number of rotatable bonds is 7. The summed E-state index contributed by atoms with van der Waals surface area (Å²) in [5.41, 5.74) is 0. The van der Waals surface area contributed by atoms with Crippen LogP contribution in [-0.2, 0) is 0 Å². The normalized spacial score (nSPS) is 10.2. The molecule has 0 saturated carbocycles. The molecule has 0 rings (SSSR count). The number of alkyl halides is 2. The minimum absolute atomic E-state index is 1.03. The third-order valence-corrected chi connectivity index (χ3v) is 1.81. The summed E-state index contributed by atoms with van der Waals surface area (Å²) in [6.07, 6.45) is 0. The topological polar surface area (TPSA) is 24.1 Å². The maximum Gasteiger partial charge on any atom is 0.0157 e. The highest BCUT2D eigenvalue weighted by atomic mass is 79.9. The van der Waals surface area contributed by atoms with Gasteiger partial charge in [-0.3, -0.25) is 0 Å². The highest BCUT2D eigenvalue weighted by Gasteiger charge is 1.84. The summed E-state index contributed by atoms with van der Waals surface area (Å²) in [5.74, 6) is 0. The second-order valence-electron chi connectivity index (χ2n) is 1.88. The number of halogens is 2. The van der Waals surface area contributed by atoms with E-state index in [1.54, 1.807) is 0 Å². The maximum atomic E-state index is 3.34. The monoisotopic (exact) mass is 272 g/mol. The first-order chi connectivity index (χ1) is 4.91. The lowest BCUT2D eigenvalue weighted by atomic mass is 10.5. The van der Waals surface area contributed by atoms with Gasteiger partial charge in [-0.05, 0) is 0 Å². The smallest absolute Gasteiger partial charge is 0.0157 e. The zero-order valence-corrected chi connectivity index (χ0v) is 9.17. The summed E-state index contributed by atoms with van der Waals surface area (Å²) < 4.78 is 0. The molecule has 0 unspecified atom stereocenters. The van der Waals surface area contributed by atoms with Gasteiger partial charge in [-0.15, -0.1) is 0 Å². The molecule has 2 nitrogen and oxygen atoms in total. The Hall–Kier alpha value is 0.880. The van der Waals surface area contributed by atoms with E-state index < -0.39 is 0 Å². The minimum Gasteiger partial charge on any atom is -0.315 e. The van der Waals surface area contributed by atoms with E-state index in [2.05, 4.69) is 42.5 Å². The number of hydrogen-bond acceptors (Lipinski definition) is 2. The molecule has 0 heterocycles. The van der Waals surface area contributed by atoms with Crippen molar-refractivity contribution >= 4 is 31.9 Å². The lowest BCUT2D eigenvalue weighted by molar-refractivity contribution is 0.647. The molecule has 0 aliphatic carbocycles. The molecule has 0 amide bonds. The third kappa shape index (κ3) is 8.88. The Morgan fingerprint density at radius 2 is 1.10 bits per heavy atom. The Balaban J connectivity index is 2.65. The second-order valence-corrected chi connectivity index (χ2v) is 3.46. The van der Waals surface area contributed by atoms with Crippen LogP contribution in [-0.4, -0.2) is 36.8 Å². The predicted molar refractivity (Wildman–Crippen MR) is 53.3 cm³/mol. The Morgan fingerprint density at radius 3 is 1.40 bits per heavy atom. The fourth-order valence-electron chi connectivity index (χ4n) is 0.560. The van der Waals surface area contributed by atoms with Crippen LogP contribution in [0.25, 0.3) is 0 Å². The van der Waals surface area contributed by atoms with Crippen molar-refractivity contribution in [2.24, 2.45) is 0 Å². The zero-order valence-electron chi connectivity index (χ0n) is 6.00. The van der Waals surface area contributed by atoms with Gasteiger partial charge in [0.15, 0.2) is 0 Å². The molecule has 0 aliphatic rings. The molecule has 2 N–H and O–H groups in total. The second kappa shape index (κ2) is 9.88. The predicted octanol–water partition coefficient (Wildman–Crippen LogP) is 0.955. The fraction of sp³-hybridized carbons (Fsp3) is 1.00. The quantitative estimate of drug-likeness (QED) is 0.533. The van der Waals surface area contributed by atoms with Crippen LogP contribution < -0.4 is 10.6 Å². The standard InChI is InChI=1S/C6H14Br2N2/c7-1-3-9-5-6-10-4-2-8/h9-10H,1-6H2. The van der Waals surface area contributed by atoms with Crippen molar-refractivity contribution in [3.05, 3.63) is 0 Å². The van der Waals surface area contributed by atoms with Crippen LogP contribution in [0, 0.1) is 0 Å². The number of hydrogen-bond donors (Lipinski definition) is 2. The van der Waals surface area contributed by atoms with Gasteiger partial charge in [-0.25, -0.2) is 0 Å². The van der Waals surface area contributed by atoms with Crippen LogP contribution in [0.3, 0.4) is 0 Å². The molecule has 0 aromatic carbocycles. The van der Waals surface area contributed by atoms with Gasteiger partial charge in [0.2, 0.25) is 0 Å². The molecule has 0 atom stereocenters. The SMILES string of the molecule is BrCCNCCNCCBr. The lowest BCUT2D eigenvalue weighted by Gasteiger charge is -2.02. The van der Waals surface area contributed by atoms with E-state index in [0.29, 0.717) is 0 Å². The van der Waals surface area contributed by atoms with E-state index >= 15 is 0 Å². The first kappa shape index (κ1) is 10.9. The van der Waals surface area contributed by atoms with E-state index in [-0.39, 0.29) is 0 Å².